The van der Waals surface area contributed by atoms with Crippen molar-refractivity contribution in [2.24, 2.45) is 29.4 Å². The zero-order chi connectivity index (χ0) is 28.8. The molecule has 0 spiro atoms. The van der Waals surface area contributed by atoms with E-state index in [1.165, 1.54) is 77.0 Å². The van der Waals surface area contributed by atoms with Crippen LogP contribution in [0, 0.1) is 23.7 Å². The third kappa shape index (κ3) is 7.56. The Bertz CT molecular complexity index is 924. The van der Waals surface area contributed by atoms with Gasteiger partial charge in [0.15, 0.2) is 0 Å². The number of amides is 1. The second-order valence-corrected chi connectivity index (χ2v) is 13.6. The number of hydrogen-bond acceptors (Lipinski definition) is 4. The molecule has 3 aliphatic carbocycles. The van der Waals surface area contributed by atoms with Crippen LogP contribution in [0.15, 0.2) is 49.0 Å². The van der Waals surface area contributed by atoms with Gasteiger partial charge in [-0.3, -0.25) is 4.79 Å². The van der Waals surface area contributed by atoms with E-state index < -0.39 is 0 Å². The molecule has 5 nitrogen and oxygen atoms in total. The Morgan fingerprint density at radius 2 is 1.55 bits per heavy atom. The molecule has 0 aromatic heterocycles. The number of hydrogen-bond donors (Lipinski definition) is 2. The summed E-state index contributed by atoms with van der Waals surface area (Å²) in [6.07, 6.45) is 19.5. The first-order chi connectivity index (χ1) is 19.2. The Balaban J connectivity index is 1.53. The molecule has 3 saturated carbocycles. The van der Waals surface area contributed by atoms with E-state index in [0.717, 1.165) is 55.1 Å². The van der Waals surface area contributed by atoms with Crippen molar-refractivity contribution in [2.45, 2.75) is 128 Å². The molecular formula is C35H58N4O. The molecule has 1 amide bonds. The summed E-state index contributed by atoms with van der Waals surface area (Å²) in [4.78, 5) is 18.7. The molecule has 40 heavy (non-hydrogen) atoms. The van der Waals surface area contributed by atoms with Crippen molar-refractivity contribution in [1.82, 2.24) is 15.1 Å². The van der Waals surface area contributed by atoms with Crippen LogP contribution in [-0.2, 0) is 4.79 Å². The second kappa shape index (κ2) is 14.1. The maximum atomic E-state index is 14.4. The highest BCUT2D eigenvalue weighted by Crippen LogP contribution is 2.40. The van der Waals surface area contributed by atoms with Crippen LogP contribution in [0.2, 0.25) is 0 Å². The standard InChI is InChI=1S/C35H58N4O/c1-7-30-20-21-39(34(30)35(40)38(6)32(23-29-18-19-29)25(3)26(4)36)27(5)33(31-16-12-9-13-17-31)37-24(2)22-28-14-10-8-11-15-28/h28-34,37H,2-5,7-23,36H2,1,6H3/t30-,32?,33?,34?/m0/s1. The molecule has 4 rings (SSSR count). The zero-order valence-corrected chi connectivity index (χ0v) is 25.8. The lowest BCUT2D eigenvalue weighted by Crippen LogP contribution is -2.53. The van der Waals surface area contributed by atoms with Gasteiger partial charge in [0.25, 0.3) is 0 Å². The number of nitrogens with zero attached hydrogens (tertiary/aromatic N) is 2. The third-order valence-electron chi connectivity index (χ3n) is 10.7. The number of nitrogens with two attached hydrogens (primary N) is 1. The van der Waals surface area contributed by atoms with Crippen LogP contribution in [0.3, 0.4) is 0 Å². The van der Waals surface area contributed by atoms with E-state index in [-0.39, 0.29) is 24.0 Å². The Hall–Kier alpha value is -2.17. The Labute approximate surface area is 245 Å². The van der Waals surface area contributed by atoms with Gasteiger partial charge in [-0.15, -0.1) is 0 Å². The average molecular weight is 551 g/mol. The molecule has 0 aromatic rings. The average Bonchev–Trinajstić information content (AvgIpc) is 3.69. The van der Waals surface area contributed by atoms with Gasteiger partial charge in [-0.2, -0.15) is 0 Å². The highest BCUT2D eigenvalue weighted by atomic mass is 16.2. The van der Waals surface area contributed by atoms with Crippen molar-refractivity contribution in [3.05, 3.63) is 49.0 Å². The van der Waals surface area contributed by atoms with Crippen molar-refractivity contribution in [3.63, 3.8) is 0 Å². The van der Waals surface area contributed by atoms with Gasteiger partial charge in [0.2, 0.25) is 5.91 Å². The predicted molar refractivity (Wildman–Crippen MR) is 168 cm³/mol. The van der Waals surface area contributed by atoms with Crippen LogP contribution in [0.4, 0.5) is 0 Å². The first-order valence-corrected chi connectivity index (χ1v) is 16.5. The molecule has 1 saturated heterocycles. The summed E-state index contributed by atoms with van der Waals surface area (Å²) in [6.45, 7) is 20.6. The topological polar surface area (TPSA) is 61.6 Å². The van der Waals surface area contributed by atoms with Crippen LogP contribution in [-0.4, -0.2) is 47.4 Å². The van der Waals surface area contributed by atoms with Gasteiger partial charge in [0, 0.05) is 30.7 Å². The minimum absolute atomic E-state index is 0.0896. The molecule has 4 aliphatic rings. The number of carbonyl (C=O) groups excluding carboxylic acids is 1. The fourth-order valence-corrected chi connectivity index (χ4v) is 7.86. The quantitative estimate of drug-likeness (QED) is 0.223. The maximum Gasteiger partial charge on any atom is 0.245 e. The number of rotatable bonds is 14. The van der Waals surface area contributed by atoms with E-state index in [1.807, 2.05) is 11.9 Å². The third-order valence-corrected chi connectivity index (χ3v) is 10.7. The zero-order valence-electron chi connectivity index (χ0n) is 25.8. The number of likely N-dealkylation sites (N-methyl/N-ethyl adjacent to an activating group) is 1. The number of allylic oxidation sites excluding steroid dienone is 1. The van der Waals surface area contributed by atoms with Crippen molar-refractivity contribution < 1.29 is 4.79 Å². The molecule has 224 valence electrons. The van der Waals surface area contributed by atoms with Crippen LogP contribution in [0.5, 0.6) is 0 Å². The van der Waals surface area contributed by atoms with E-state index in [2.05, 4.69) is 36.9 Å². The molecular weight excluding hydrogens is 492 g/mol. The summed E-state index contributed by atoms with van der Waals surface area (Å²) in [6, 6.07) is -0.135. The van der Waals surface area contributed by atoms with Crippen LogP contribution in [0.1, 0.15) is 110 Å². The van der Waals surface area contributed by atoms with Crippen LogP contribution in [0.25, 0.3) is 0 Å². The van der Waals surface area contributed by atoms with E-state index in [4.69, 9.17) is 12.3 Å². The van der Waals surface area contributed by atoms with Crippen molar-refractivity contribution in [3.8, 4) is 0 Å². The minimum Gasteiger partial charge on any atom is -0.399 e. The van der Waals surface area contributed by atoms with Gasteiger partial charge in [-0.25, -0.2) is 0 Å². The number of carbonyl (C=O) groups is 1. The smallest absolute Gasteiger partial charge is 0.245 e. The summed E-state index contributed by atoms with van der Waals surface area (Å²) in [5.74, 6) is 2.45. The first-order valence-electron chi connectivity index (χ1n) is 16.5. The fourth-order valence-electron chi connectivity index (χ4n) is 7.86. The molecule has 5 heteroatoms. The van der Waals surface area contributed by atoms with Gasteiger partial charge in [-0.05, 0) is 61.3 Å². The maximum absolute atomic E-state index is 14.4. The van der Waals surface area contributed by atoms with Crippen LogP contribution < -0.4 is 11.1 Å². The highest BCUT2D eigenvalue weighted by Gasteiger charge is 2.44. The summed E-state index contributed by atoms with van der Waals surface area (Å²) in [7, 11) is 1.96. The van der Waals surface area contributed by atoms with Gasteiger partial charge in [0.1, 0.15) is 6.04 Å². The van der Waals surface area contributed by atoms with Crippen LogP contribution >= 0.6 is 0 Å². The molecule has 0 aromatic carbocycles. The van der Waals surface area contributed by atoms with Crippen molar-refractivity contribution >= 4 is 5.91 Å². The van der Waals surface area contributed by atoms with E-state index in [0.29, 0.717) is 23.5 Å². The Morgan fingerprint density at radius 3 is 2.12 bits per heavy atom. The lowest BCUT2D eigenvalue weighted by molar-refractivity contribution is -0.137. The fraction of sp³-hybridized carbons (Fsp3) is 0.743. The lowest BCUT2D eigenvalue weighted by Gasteiger charge is -2.42. The Kier molecular flexibility index (Phi) is 10.9. The van der Waals surface area contributed by atoms with Gasteiger partial charge in [-0.1, -0.05) is 104 Å². The lowest BCUT2D eigenvalue weighted by atomic mass is 9.81. The molecule has 3 N–H and O–H groups in total. The SMILES string of the molecule is C=C(CC1CCCCC1)NC(C(=C)N1CC[C@H](CC)C1C(=O)N(C)C(CC1CC1)C(=C)C(=C)N)C1CCCCC1. The molecule has 0 radical (unpaired) electrons. The molecule has 1 heterocycles. The largest absolute Gasteiger partial charge is 0.399 e. The van der Waals surface area contributed by atoms with E-state index >= 15 is 0 Å². The second-order valence-electron chi connectivity index (χ2n) is 13.6. The summed E-state index contributed by atoms with van der Waals surface area (Å²) in [5.41, 5.74) is 9.66. The van der Waals surface area contributed by atoms with Gasteiger partial charge >= 0.3 is 0 Å². The Morgan fingerprint density at radius 1 is 0.925 bits per heavy atom. The first kappa shape index (κ1) is 30.8. The van der Waals surface area contributed by atoms with Gasteiger partial charge in [0.05, 0.1) is 12.1 Å². The molecule has 1 aliphatic heterocycles. The molecule has 4 atom stereocenters. The summed E-state index contributed by atoms with van der Waals surface area (Å²) < 4.78 is 0. The van der Waals surface area contributed by atoms with Gasteiger partial charge < -0.3 is 20.9 Å². The summed E-state index contributed by atoms with van der Waals surface area (Å²) >= 11 is 0. The van der Waals surface area contributed by atoms with Crippen molar-refractivity contribution in [2.75, 3.05) is 13.6 Å². The molecule has 0 bridgehead atoms. The highest BCUT2D eigenvalue weighted by molar-refractivity contribution is 5.83. The minimum atomic E-state index is -0.192. The van der Waals surface area contributed by atoms with Crippen molar-refractivity contribution in [1.29, 1.82) is 0 Å². The normalized spacial score (nSPS) is 25.7. The predicted octanol–water partition coefficient (Wildman–Crippen LogP) is 7.28. The van der Waals surface area contributed by atoms with E-state index in [9.17, 15) is 4.79 Å². The van der Waals surface area contributed by atoms with E-state index in [1.54, 1.807) is 0 Å². The summed E-state index contributed by atoms with van der Waals surface area (Å²) in [5, 5.41) is 3.92. The number of nitrogens with one attached hydrogen (secondary N) is 1. The number of likely N-dealkylation sites (tertiary alicyclic amines) is 1. The monoisotopic (exact) mass is 550 g/mol. The molecule has 4 fully saturated rings. The molecule has 3 unspecified atom stereocenters.